The third-order valence-electron chi connectivity index (χ3n) is 4.10. The summed E-state index contributed by atoms with van der Waals surface area (Å²) in [5, 5.41) is 2.65. The Labute approximate surface area is 178 Å². The van der Waals surface area contributed by atoms with Crippen molar-refractivity contribution in [3.05, 3.63) is 88.9 Å². The summed E-state index contributed by atoms with van der Waals surface area (Å²) in [4.78, 5) is 24.6. The maximum atomic E-state index is 12.6. The minimum atomic E-state index is -3.79. The maximum Gasteiger partial charge on any atom is 0.339 e. The van der Waals surface area contributed by atoms with E-state index in [-0.39, 0.29) is 32.4 Å². The molecule has 0 bridgehead atoms. The van der Waals surface area contributed by atoms with Crippen molar-refractivity contribution in [2.75, 3.05) is 17.1 Å². The van der Waals surface area contributed by atoms with Crippen LogP contribution in [-0.4, -0.2) is 27.4 Å². The van der Waals surface area contributed by atoms with Gasteiger partial charge in [0.2, 0.25) is 0 Å². The monoisotopic (exact) mass is 444 g/mol. The second kappa shape index (κ2) is 8.98. The first-order chi connectivity index (χ1) is 14.3. The number of sulfonamides is 1. The van der Waals surface area contributed by atoms with Gasteiger partial charge in [-0.25, -0.2) is 13.2 Å². The zero-order valence-electron chi connectivity index (χ0n) is 15.8. The van der Waals surface area contributed by atoms with Crippen molar-refractivity contribution in [1.82, 2.24) is 0 Å². The van der Waals surface area contributed by atoms with E-state index in [4.69, 9.17) is 16.3 Å². The van der Waals surface area contributed by atoms with Crippen LogP contribution in [0, 0.1) is 0 Å². The number of anilines is 2. The van der Waals surface area contributed by atoms with E-state index in [1.54, 1.807) is 36.4 Å². The van der Waals surface area contributed by atoms with Crippen LogP contribution >= 0.6 is 11.6 Å². The van der Waals surface area contributed by atoms with Gasteiger partial charge in [0.05, 0.1) is 39.5 Å². The van der Waals surface area contributed by atoms with E-state index in [0.717, 1.165) is 0 Å². The van der Waals surface area contributed by atoms with Gasteiger partial charge in [0.15, 0.2) is 0 Å². The Morgan fingerprint density at radius 1 is 0.900 bits per heavy atom. The molecular weight excluding hydrogens is 428 g/mol. The van der Waals surface area contributed by atoms with Crippen LogP contribution in [0.4, 0.5) is 11.4 Å². The molecule has 154 valence electrons. The van der Waals surface area contributed by atoms with Crippen LogP contribution in [0.5, 0.6) is 0 Å². The second-order valence-corrected chi connectivity index (χ2v) is 8.19. The van der Waals surface area contributed by atoms with Gasteiger partial charge >= 0.3 is 5.97 Å². The van der Waals surface area contributed by atoms with Gasteiger partial charge in [0.25, 0.3) is 15.9 Å². The molecule has 1 amide bonds. The van der Waals surface area contributed by atoms with Gasteiger partial charge in [-0.15, -0.1) is 0 Å². The fourth-order valence-corrected chi connectivity index (χ4v) is 3.98. The number of para-hydroxylation sites is 1. The third-order valence-corrected chi connectivity index (χ3v) is 5.81. The van der Waals surface area contributed by atoms with E-state index in [2.05, 4.69) is 10.0 Å². The first kappa shape index (κ1) is 21.4. The van der Waals surface area contributed by atoms with Crippen LogP contribution < -0.4 is 10.0 Å². The van der Waals surface area contributed by atoms with Gasteiger partial charge in [-0.1, -0.05) is 41.9 Å². The lowest BCUT2D eigenvalue weighted by molar-refractivity contribution is 0.0602. The Kier molecular flexibility index (Phi) is 6.39. The first-order valence-electron chi connectivity index (χ1n) is 8.68. The summed E-state index contributed by atoms with van der Waals surface area (Å²) in [6.07, 6.45) is 0. The SMILES string of the molecule is COC(=O)c1ccccc1NC(=O)c1ccc(NS(=O)(=O)c2ccccc2)cc1Cl. The van der Waals surface area contributed by atoms with E-state index in [1.807, 2.05) is 0 Å². The lowest BCUT2D eigenvalue weighted by atomic mass is 10.1. The lowest BCUT2D eigenvalue weighted by Crippen LogP contribution is -2.16. The average Bonchev–Trinajstić information content (AvgIpc) is 2.74. The first-order valence-corrected chi connectivity index (χ1v) is 10.5. The van der Waals surface area contributed by atoms with Crippen molar-refractivity contribution in [2.24, 2.45) is 0 Å². The minimum absolute atomic E-state index is 0.0383. The van der Waals surface area contributed by atoms with Crippen molar-refractivity contribution in [2.45, 2.75) is 4.90 Å². The third kappa shape index (κ3) is 4.79. The van der Waals surface area contributed by atoms with E-state index >= 15 is 0 Å². The topological polar surface area (TPSA) is 102 Å². The fraction of sp³-hybridized carbons (Fsp3) is 0.0476. The van der Waals surface area contributed by atoms with E-state index in [0.29, 0.717) is 0 Å². The van der Waals surface area contributed by atoms with E-state index in [1.165, 1.54) is 43.5 Å². The molecule has 0 spiro atoms. The Balaban J connectivity index is 1.81. The standard InChI is InChI=1S/C21H17ClN2O5S/c1-29-21(26)17-9-5-6-10-19(17)23-20(25)16-12-11-14(13-18(16)22)24-30(27,28)15-7-3-2-4-8-15/h2-13,24H,1H3,(H,23,25). The summed E-state index contributed by atoms with van der Waals surface area (Å²) < 4.78 is 32.0. The average molecular weight is 445 g/mol. The number of halogens is 1. The van der Waals surface area contributed by atoms with Crippen LogP contribution in [-0.2, 0) is 14.8 Å². The number of rotatable bonds is 6. The number of methoxy groups -OCH3 is 1. The number of amides is 1. The van der Waals surface area contributed by atoms with E-state index in [9.17, 15) is 18.0 Å². The minimum Gasteiger partial charge on any atom is -0.465 e. The van der Waals surface area contributed by atoms with Crippen LogP contribution in [0.15, 0.2) is 77.7 Å². The molecule has 0 saturated carbocycles. The van der Waals surface area contributed by atoms with Gasteiger partial charge in [0, 0.05) is 0 Å². The summed E-state index contributed by atoms with van der Waals surface area (Å²) in [5.74, 6) is -1.16. The van der Waals surface area contributed by atoms with Gasteiger partial charge in [0.1, 0.15) is 0 Å². The summed E-state index contributed by atoms with van der Waals surface area (Å²) in [6.45, 7) is 0. The highest BCUT2D eigenvalue weighted by Crippen LogP contribution is 2.25. The number of carbonyl (C=O) groups is 2. The molecule has 2 N–H and O–H groups in total. The lowest BCUT2D eigenvalue weighted by Gasteiger charge is -2.12. The van der Waals surface area contributed by atoms with Gasteiger partial charge < -0.3 is 10.1 Å². The molecule has 30 heavy (non-hydrogen) atoms. The second-order valence-electron chi connectivity index (χ2n) is 6.10. The molecule has 0 aliphatic heterocycles. The highest BCUT2D eigenvalue weighted by atomic mass is 35.5. The predicted octanol–water partition coefficient (Wildman–Crippen LogP) is 4.18. The smallest absolute Gasteiger partial charge is 0.339 e. The quantitative estimate of drug-likeness (QED) is 0.555. The highest BCUT2D eigenvalue weighted by Gasteiger charge is 2.18. The molecular formula is C21H17ClN2O5S. The number of nitrogens with one attached hydrogen (secondary N) is 2. The van der Waals surface area contributed by atoms with Gasteiger partial charge in [-0.3, -0.25) is 9.52 Å². The number of esters is 1. The number of carbonyl (C=O) groups excluding carboxylic acids is 2. The molecule has 0 aromatic heterocycles. The molecule has 0 fully saturated rings. The van der Waals surface area contributed by atoms with Crippen molar-refractivity contribution < 1.29 is 22.7 Å². The number of ether oxygens (including phenoxy) is 1. The maximum absolute atomic E-state index is 12.6. The molecule has 9 heteroatoms. The van der Waals surface area contributed by atoms with Gasteiger partial charge in [-0.2, -0.15) is 0 Å². The molecule has 3 aromatic carbocycles. The molecule has 0 heterocycles. The zero-order chi connectivity index (χ0) is 21.7. The highest BCUT2D eigenvalue weighted by molar-refractivity contribution is 7.92. The van der Waals surface area contributed by atoms with Crippen LogP contribution in [0.25, 0.3) is 0 Å². The molecule has 0 saturated heterocycles. The summed E-state index contributed by atoms with van der Waals surface area (Å²) in [6, 6.07) is 18.4. The molecule has 0 radical (unpaired) electrons. The Morgan fingerprint density at radius 2 is 1.57 bits per heavy atom. The fourth-order valence-electron chi connectivity index (χ4n) is 2.65. The summed E-state index contributed by atoms with van der Waals surface area (Å²) in [7, 11) is -2.55. The molecule has 0 aliphatic carbocycles. The van der Waals surface area contributed by atoms with Crippen molar-refractivity contribution in [1.29, 1.82) is 0 Å². The molecule has 0 atom stereocenters. The Hall–Kier alpha value is -3.36. The van der Waals surface area contributed by atoms with Crippen LogP contribution in [0.1, 0.15) is 20.7 Å². The molecule has 0 unspecified atom stereocenters. The Bertz CT molecular complexity index is 1200. The summed E-state index contributed by atoms with van der Waals surface area (Å²) in [5.41, 5.74) is 0.769. The predicted molar refractivity (Wildman–Crippen MR) is 114 cm³/mol. The van der Waals surface area contributed by atoms with Crippen LogP contribution in [0.3, 0.4) is 0 Å². The largest absolute Gasteiger partial charge is 0.465 e. The molecule has 3 rings (SSSR count). The number of benzene rings is 3. The number of hydrogen-bond donors (Lipinski definition) is 2. The number of hydrogen-bond acceptors (Lipinski definition) is 5. The van der Waals surface area contributed by atoms with E-state index < -0.39 is 21.9 Å². The normalized spacial score (nSPS) is 10.9. The molecule has 0 aliphatic rings. The zero-order valence-corrected chi connectivity index (χ0v) is 17.3. The Morgan fingerprint density at radius 3 is 2.23 bits per heavy atom. The summed E-state index contributed by atoms with van der Waals surface area (Å²) >= 11 is 6.21. The van der Waals surface area contributed by atoms with Crippen molar-refractivity contribution in [3.8, 4) is 0 Å². The van der Waals surface area contributed by atoms with Crippen molar-refractivity contribution in [3.63, 3.8) is 0 Å². The molecule has 3 aromatic rings. The van der Waals surface area contributed by atoms with Crippen molar-refractivity contribution >= 4 is 44.9 Å². The van der Waals surface area contributed by atoms with Gasteiger partial charge in [-0.05, 0) is 42.5 Å². The molecule has 7 nitrogen and oxygen atoms in total. The van der Waals surface area contributed by atoms with Crippen LogP contribution in [0.2, 0.25) is 5.02 Å².